The fourth-order valence-corrected chi connectivity index (χ4v) is 3.73. The Kier molecular flexibility index (Phi) is 6.12. The van der Waals surface area contributed by atoms with Crippen LogP contribution in [-0.2, 0) is 31.1 Å². The summed E-state index contributed by atoms with van der Waals surface area (Å²) in [5.74, 6) is -0.421. The number of hydrogen-bond donors (Lipinski definition) is 0. The molecule has 4 aromatic rings. The number of imidazole rings is 2. The molecule has 4 rings (SSSR count). The molecule has 0 fully saturated rings. The fraction of sp³-hybridized carbons (Fsp3) is 0.292. The molecule has 0 amide bonds. The van der Waals surface area contributed by atoms with Crippen molar-refractivity contribution in [2.24, 2.45) is 7.05 Å². The molecule has 166 valence electrons. The monoisotopic (exact) mass is 440 g/mol. The van der Waals surface area contributed by atoms with Gasteiger partial charge in [0, 0.05) is 43.5 Å². The summed E-state index contributed by atoms with van der Waals surface area (Å²) in [5, 5.41) is 0. The molecule has 0 aliphatic rings. The number of pyridine rings is 1. The SMILES string of the molecule is Cn1cncc1CCc1ccn2c(-c3cccc(CC(=O)CCC(F)(F)F)c3)cnc2c1. The van der Waals surface area contributed by atoms with Crippen molar-refractivity contribution in [3.8, 4) is 11.3 Å². The van der Waals surface area contributed by atoms with E-state index < -0.39 is 24.8 Å². The maximum Gasteiger partial charge on any atom is 0.389 e. The van der Waals surface area contributed by atoms with E-state index in [0.717, 1.165) is 35.4 Å². The number of fused-ring (bicyclic) bond motifs is 1. The van der Waals surface area contributed by atoms with Crippen molar-refractivity contribution < 1.29 is 18.0 Å². The average molecular weight is 440 g/mol. The number of aryl methyl sites for hydroxylation is 3. The predicted octanol–water partition coefficient (Wildman–Crippen LogP) is 4.97. The van der Waals surface area contributed by atoms with Gasteiger partial charge in [0.15, 0.2) is 0 Å². The van der Waals surface area contributed by atoms with Gasteiger partial charge in [-0.2, -0.15) is 13.2 Å². The Morgan fingerprint density at radius 1 is 1.06 bits per heavy atom. The van der Waals surface area contributed by atoms with Crippen molar-refractivity contribution in [3.05, 3.63) is 78.1 Å². The molecule has 0 N–H and O–H groups in total. The molecule has 0 spiro atoms. The smallest absolute Gasteiger partial charge is 0.338 e. The highest BCUT2D eigenvalue weighted by molar-refractivity contribution is 5.81. The molecule has 3 aromatic heterocycles. The molecular weight excluding hydrogens is 417 g/mol. The van der Waals surface area contributed by atoms with Crippen LogP contribution < -0.4 is 0 Å². The minimum atomic E-state index is -4.31. The van der Waals surface area contributed by atoms with Gasteiger partial charge >= 0.3 is 6.18 Å². The molecule has 0 aliphatic heterocycles. The van der Waals surface area contributed by atoms with E-state index in [0.29, 0.717) is 5.56 Å². The van der Waals surface area contributed by atoms with Gasteiger partial charge in [0.05, 0.1) is 24.6 Å². The van der Waals surface area contributed by atoms with Crippen LogP contribution in [0.3, 0.4) is 0 Å². The molecule has 0 bridgehead atoms. The summed E-state index contributed by atoms with van der Waals surface area (Å²) in [6.45, 7) is 0. The second-order valence-electron chi connectivity index (χ2n) is 7.93. The lowest BCUT2D eigenvalue weighted by Crippen LogP contribution is -2.12. The van der Waals surface area contributed by atoms with Crippen molar-refractivity contribution in [2.45, 2.75) is 38.3 Å². The van der Waals surface area contributed by atoms with Gasteiger partial charge in [-0.1, -0.05) is 18.2 Å². The van der Waals surface area contributed by atoms with Crippen LogP contribution in [0.1, 0.15) is 29.7 Å². The van der Waals surface area contributed by atoms with E-state index in [-0.39, 0.29) is 6.42 Å². The summed E-state index contributed by atoms with van der Waals surface area (Å²) in [4.78, 5) is 20.6. The lowest BCUT2D eigenvalue weighted by Gasteiger charge is -2.08. The summed E-state index contributed by atoms with van der Waals surface area (Å²) < 4.78 is 41.0. The summed E-state index contributed by atoms with van der Waals surface area (Å²) in [6.07, 6.45) is 3.24. The van der Waals surface area contributed by atoms with Crippen LogP contribution in [0.15, 0.2) is 61.3 Å². The van der Waals surface area contributed by atoms with E-state index in [2.05, 4.69) is 16.0 Å². The number of alkyl halides is 3. The third-order valence-electron chi connectivity index (χ3n) is 5.48. The number of hydrogen-bond acceptors (Lipinski definition) is 3. The number of rotatable bonds is 8. The van der Waals surface area contributed by atoms with Gasteiger partial charge in [-0.3, -0.25) is 9.20 Å². The summed E-state index contributed by atoms with van der Waals surface area (Å²) in [5.41, 5.74) is 5.56. The minimum absolute atomic E-state index is 0.0151. The third kappa shape index (κ3) is 5.25. The third-order valence-corrected chi connectivity index (χ3v) is 5.48. The van der Waals surface area contributed by atoms with E-state index in [1.165, 1.54) is 5.56 Å². The standard InChI is InChI=1S/C24H23F3N4O/c1-30-16-28-14-20(30)6-5-17-8-10-31-22(15-29-23(31)13-17)19-4-2-3-18(11-19)12-21(32)7-9-24(25,26)27/h2-4,8,10-11,13-16H,5-7,9,12H2,1H3. The molecule has 0 unspecified atom stereocenters. The van der Waals surface area contributed by atoms with Crippen LogP contribution in [-0.4, -0.2) is 30.9 Å². The molecule has 0 aliphatic carbocycles. The normalized spacial score (nSPS) is 11.9. The Morgan fingerprint density at radius 3 is 2.66 bits per heavy atom. The number of carbonyl (C=O) groups is 1. The van der Waals surface area contributed by atoms with Crippen molar-refractivity contribution in [2.75, 3.05) is 0 Å². The summed E-state index contributed by atoms with van der Waals surface area (Å²) >= 11 is 0. The van der Waals surface area contributed by atoms with Crippen LogP contribution in [0, 0.1) is 0 Å². The van der Waals surface area contributed by atoms with E-state index in [1.54, 1.807) is 18.6 Å². The molecule has 1 aromatic carbocycles. The van der Waals surface area contributed by atoms with Crippen LogP contribution in [0.4, 0.5) is 13.2 Å². The number of nitrogens with zero attached hydrogens (tertiary/aromatic N) is 4. The van der Waals surface area contributed by atoms with Gasteiger partial charge in [0.1, 0.15) is 11.4 Å². The van der Waals surface area contributed by atoms with Crippen LogP contribution in [0.2, 0.25) is 0 Å². The van der Waals surface area contributed by atoms with Crippen molar-refractivity contribution in [1.29, 1.82) is 0 Å². The predicted molar refractivity (Wildman–Crippen MR) is 115 cm³/mol. The number of benzene rings is 1. The Balaban J connectivity index is 1.48. The van der Waals surface area contributed by atoms with Crippen molar-refractivity contribution in [3.63, 3.8) is 0 Å². The topological polar surface area (TPSA) is 52.2 Å². The molecule has 0 saturated heterocycles. The first-order valence-electron chi connectivity index (χ1n) is 10.4. The van der Waals surface area contributed by atoms with Crippen molar-refractivity contribution >= 4 is 11.4 Å². The molecule has 0 atom stereocenters. The Hall–Kier alpha value is -3.42. The first-order chi connectivity index (χ1) is 15.3. The second-order valence-corrected chi connectivity index (χ2v) is 7.93. The first kappa shape index (κ1) is 21.8. The Morgan fingerprint density at radius 2 is 1.91 bits per heavy atom. The van der Waals surface area contributed by atoms with E-state index in [4.69, 9.17) is 0 Å². The number of halogens is 3. The van der Waals surface area contributed by atoms with Gasteiger partial charge in [-0.15, -0.1) is 0 Å². The molecule has 8 heteroatoms. The maximum absolute atomic E-state index is 12.4. The zero-order valence-electron chi connectivity index (χ0n) is 17.6. The highest BCUT2D eigenvalue weighted by atomic mass is 19.4. The lowest BCUT2D eigenvalue weighted by molar-refractivity contribution is -0.143. The lowest BCUT2D eigenvalue weighted by atomic mass is 10.0. The largest absolute Gasteiger partial charge is 0.389 e. The van der Waals surface area contributed by atoms with Crippen molar-refractivity contribution in [1.82, 2.24) is 18.9 Å². The van der Waals surface area contributed by atoms with Gasteiger partial charge in [0.25, 0.3) is 0 Å². The van der Waals surface area contributed by atoms with E-state index in [9.17, 15) is 18.0 Å². The van der Waals surface area contributed by atoms with Crippen LogP contribution in [0.25, 0.3) is 16.9 Å². The van der Waals surface area contributed by atoms with E-state index in [1.807, 2.05) is 52.7 Å². The van der Waals surface area contributed by atoms with Gasteiger partial charge in [-0.25, -0.2) is 9.97 Å². The minimum Gasteiger partial charge on any atom is -0.338 e. The summed E-state index contributed by atoms with van der Waals surface area (Å²) in [6, 6.07) is 11.4. The number of Topliss-reactive ketones (excluding diaryl/α,β-unsaturated/α-hetero) is 1. The molecule has 0 saturated carbocycles. The highest BCUT2D eigenvalue weighted by Gasteiger charge is 2.27. The zero-order chi connectivity index (χ0) is 22.7. The van der Waals surface area contributed by atoms with Gasteiger partial charge < -0.3 is 4.57 Å². The number of carbonyl (C=O) groups excluding carboxylic acids is 1. The Bertz CT molecular complexity index is 1240. The number of ketones is 1. The summed E-state index contributed by atoms with van der Waals surface area (Å²) in [7, 11) is 1.98. The molecular formula is C24H23F3N4O. The van der Waals surface area contributed by atoms with Crippen LogP contribution in [0.5, 0.6) is 0 Å². The quantitative estimate of drug-likeness (QED) is 0.389. The Labute approximate surface area is 183 Å². The number of aromatic nitrogens is 4. The zero-order valence-corrected chi connectivity index (χ0v) is 17.6. The molecule has 32 heavy (non-hydrogen) atoms. The molecule has 5 nitrogen and oxygen atoms in total. The fourth-order valence-electron chi connectivity index (χ4n) is 3.73. The highest BCUT2D eigenvalue weighted by Crippen LogP contribution is 2.25. The maximum atomic E-state index is 12.4. The van der Waals surface area contributed by atoms with Gasteiger partial charge in [0.2, 0.25) is 0 Å². The van der Waals surface area contributed by atoms with Gasteiger partial charge in [-0.05, 0) is 42.2 Å². The average Bonchev–Trinajstić information content (AvgIpc) is 3.36. The van der Waals surface area contributed by atoms with Crippen LogP contribution >= 0.6 is 0 Å². The molecule has 0 radical (unpaired) electrons. The molecule has 3 heterocycles. The second kappa shape index (κ2) is 8.98. The first-order valence-corrected chi connectivity index (χ1v) is 10.4. The van der Waals surface area contributed by atoms with E-state index >= 15 is 0 Å².